The molecule has 23 heavy (non-hydrogen) atoms. The van der Waals surface area contributed by atoms with Gasteiger partial charge in [-0.2, -0.15) is 5.26 Å². The van der Waals surface area contributed by atoms with E-state index in [1.807, 2.05) is 12.1 Å². The summed E-state index contributed by atoms with van der Waals surface area (Å²) in [4.78, 5) is 15.5. The Balaban J connectivity index is 2.08. The highest BCUT2D eigenvalue weighted by Gasteiger charge is 2.14. The van der Waals surface area contributed by atoms with E-state index in [4.69, 9.17) is 14.8 Å². The Morgan fingerprint density at radius 1 is 1.26 bits per heavy atom. The van der Waals surface area contributed by atoms with Crippen LogP contribution in [-0.2, 0) is 4.79 Å². The number of hydrogen-bond donors (Lipinski definition) is 1. The highest BCUT2D eigenvalue weighted by molar-refractivity contribution is 5.91. The highest BCUT2D eigenvalue weighted by atomic mass is 16.4. The third-order valence-electron chi connectivity index (χ3n) is 3.27. The van der Waals surface area contributed by atoms with Gasteiger partial charge < -0.3 is 9.52 Å². The number of aromatic nitrogens is 1. The first-order valence-electron chi connectivity index (χ1n) is 6.94. The van der Waals surface area contributed by atoms with Crippen LogP contribution in [0, 0.1) is 11.3 Å². The van der Waals surface area contributed by atoms with Gasteiger partial charge in [0.25, 0.3) is 0 Å². The molecular weight excluding hydrogens is 292 g/mol. The molecule has 2 aromatic carbocycles. The monoisotopic (exact) mass is 304 g/mol. The summed E-state index contributed by atoms with van der Waals surface area (Å²) in [5, 5.41) is 18.1. The van der Waals surface area contributed by atoms with Crippen molar-refractivity contribution in [3.63, 3.8) is 0 Å². The third kappa shape index (κ3) is 3.27. The summed E-state index contributed by atoms with van der Waals surface area (Å²) in [6, 6.07) is 16.2. The topological polar surface area (TPSA) is 87.1 Å². The summed E-state index contributed by atoms with van der Waals surface area (Å²) < 4.78 is 5.65. The van der Waals surface area contributed by atoms with Gasteiger partial charge in [-0.3, -0.25) is 4.79 Å². The smallest absolute Gasteiger partial charge is 0.308 e. The summed E-state index contributed by atoms with van der Waals surface area (Å²) in [6.07, 6.45) is 1.46. The Labute approximate surface area is 132 Å². The van der Waals surface area contributed by atoms with E-state index in [1.165, 1.54) is 0 Å². The van der Waals surface area contributed by atoms with E-state index >= 15 is 0 Å². The molecule has 1 aromatic heterocycles. The fourth-order valence-corrected chi connectivity index (χ4v) is 2.26. The predicted octanol–water partition coefficient (Wildman–Crippen LogP) is 3.71. The summed E-state index contributed by atoms with van der Waals surface area (Å²) in [6.45, 7) is 0. The maximum Gasteiger partial charge on any atom is 0.308 e. The van der Waals surface area contributed by atoms with Crippen molar-refractivity contribution in [3.05, 3.63) is 65.5 Å². The molecule has 0 saturated carbocycles. The number of carbonyl (C=O) groups is 1. The molecule has 0 fully saturated rings. The lowest BCUT2D eigenvalue weighted by Crippen LogP contribution is -1.97. The Bertz CT molecular complexity index is 915. The lowest BCUT2D eigenvalue weighted by atomic mass is 10.1. The first-order valence-corrected chi connectivity index (χ1v) is 6.94. The maximum absolute atomic E-state index is 11.1. The fraction of sp³-hybridized carbons (Fsp3) is 0.0556. The summed E-state index contributed by atoms with van der Waals surface area (Å²) >= 11 is 0. The van der Waals surface area contributed by atoms with Crippen molar-refractivity contribution in [2.45, 2.75) is 6.42 Å². The molecule has 0 radical (unpaired) electrons. The SMILES string of the molecule is N#Cc1cccc(/C=C(\CC(=O)O)c2nc3ccccc3o2)c1. The van der Waals surface area contributed by atoms with Crippen LogP contribution in [0.15, 0.2) is 52.9 Å². The zero-order chi connectivity index (χ0) is 16.2. The average molecular weight is 304 g/mol. The zero-order valence-electron chi connectivity index (χ0n) is 12.1. The Morgan fingerprint density at radius 3 is 2.83 bits per heavy atom. The molecule has 0 atom stereocenters. The minimum atomic E-state index is -0.977. The summed E-state index contributed by atoms with van der Waals surface area (Å²) in [7, 11) is 0. The number of nitriles is 1. The number of para-hydroxylation sites is 2. The van der Waals surface area contributed by atoms with Crippen molar-refractivity contribution in [2.24, 2.45) is 0 Å². The Kier molecular flexibility index (Phi) is 3.89. The van der Waals surface area contributed by atoms with Crippen LogP contribution in [0.4, 0.5) is 0 Å². The third-order valence-corrected chi connectivity index (χ3v) is 3.27. The van der Waals surface area contributed by atoms with E-state index in [2.05, 4.69) is 11.1 Å². The number of fused-ring (bicyclic) bond motifs is 1. The summed E-state index contributed by atoms with van der Waals surface area (Å²) in [5.41, 5.74) is 2.95. The quantitative estimate of drug-likeness (QED) is 0.793. The number of carboxylic acid groups (broad SMARTS) is 1. The number of aliphatic carboxylic acids is 1. The van der Waals surface area contributed by atoms with Crippen LogP contribution in [0.1, 0.15) is 23.4 Å². The molecule has 0 aliphatic rings. The predicted molar refractivity (Wildman–Crippen MR) is 85.3 cm³/mol. The van der Waals surface area contributed by atoms with Gasteiger partial charge >= 0.3 is 5.97 Å². The molecule has 3 rings (SSSR count). The number of nitrogens with zero attached hydrogens (tertiary/aromatic N) is 2. The molecule has 1 heterocycles. The largest absolute Gasteiger partial charge is 0.481 e. The Morgan fingerprint density at radius 2 is 2.09 bits per heavy atom. The van der Waals surface area contributed by atoms with Crippen LogP contribution in [0.3, 0.4) is 0 Å². The lowest BCUT2D eigenvalue weighted by molar-refractivity contribution is -0.135. The second kappa shape index (κ2) is 6.16. The molecule has 3 aromatic rings. The van der Waals surface area contributed by atoms with Crippen molar-refractivity contribution < 1.29 is 14.3 Å². The van der Waals surface area contributed by atoms with Crippen LogP contribution in [0.25, 0.3) is 22.7 Å². The maximum atomic E-state index is 11.1. The first kappa shape index (κ1) is 14.5. The van der Waals surface area contributed by atoms with Crippen LogP contribution in [0.5, 0.6) is 0 Å². The number of carboxylic acids is 1. The molecule has 0 spiro atoms. The molecule has 0 aliphatic heterocycles. The van der Waals surface area contributed by atoms with E-state index in [-0.39, 0.29) is 12.3 Å². The van der Waals surface area contributed by atoms with Crippen LogP contribution < -0.4 is 0 Å². The molecule has 0 saturated heterocycles. The molecule has 112 valence electrons. The van der Waals surface area contributed by atoms with E-state index in [0.717, 1.165) is 5.56 Å². The molecular formula is C18H12N2O3. The molecule has 0 amide bonds. The van der Waals surface area contributed by atoms with Crippen LogP contribution >= 0.6 is 0 Å². The molecule has 5 heteroatoms. The van der Waals surface area contributed by atoms with Gasteiger partial charge in [0.15, 0.2) is 5.58 Å². The summed E-state index contributed by atoms with van der Waals surface area (Å²) in [5.74, 6) is -0.703. The van der Waals surface area contributed by atoms with Crippen molar-refractivity contribution in [1.29, 1.82) is 5.26 Å². The van der Waals surface area contributed by atoms with Crippen molar-refractivity contribution >= 4 is 28.7 Å². The average Bonchev–Trinajstić information content (AvgIpc) is 2.98. The molecule has 1 N–H and O–H groups in total. The number of rotatable bonds is 4. The molecule has 0 unspecified atom stereocenters. The van der Waals surface area contributed by atoms with Gasteiger partial charge in [-0.25, -0.2) is 4.98 Å². The minimum Gasteiger partial charge on any atom is -0.481 e. The van der Waals surface area contributed by atoms with Gasteiger partial charge in [0.1, 0.15) is 5.52 Å². The fourth-order valence-electron chi connectivity index (χ4n) is 2.26. The van der Waals surface area contributed by atoms with E-state index in [1.54, 1.807) is 42.5 Å². The van der Waals surface area contributed by atoms with Crippen molar-refractivity contribution in [1.82, 2.24) is 4.98 Å². The van der Waals surface area contributed by atoms with Gasteiger partial charge in [0.2, 0.25) is 5.89 Å². The number of oxazole rings is 1. The second-order valence-corrected chi connectivity index (χ2v) is 4.96. The molecule has 5 nitrogen and oxygen atoms in total. The van der Waals surface area contributed by atoms with Crippen molar-refractivity contribution in [2.75, 3.05) is 0 Å². The zero-order valence-corrected chi connectivity index (χ0v) is 12.1. The van der Waals surface area contributed by atoms with E-state index in [9.17, 15) is 4.79 Å². The van der Waals surface area contributed by atoms with Gasteiger partial charge in [-0.1, -0.05) is 24.3 Å². The Hall–Kier alpha value is -3.39. The van der Waals surface area contributed by atoms with Gasteiger partial charge in [0.05, 0.1) is 18.1 Å². The number of benzene rings is 2. The minimum absolute atomic E-state index is 0.219. The standard InChI is InChI=1S/C18H12N2O3/c19-11-13-5-3-4-12(8-13)9-14(10-17(21)22)18-20-15-6-1-2-7-16(15)23-18/h1-9H,10H2,(H,21,22)/b14-9+. The molecule has 0 aliphatic carbocycles. The van der Waals surface area contributed by atoms with Gasteiger partial charge in [0, 0.05) is 5.57 Å². The van der Waals surface area contributed by atoms with Crippen molar-refractivity contribution in [3.8, 4) is 6.07 Å². The number of hydrogen-bond acceptors (Lipinski definition) is 4. The van der Waals surface area contributed by atoms with E-state index in [0.29, 0.717) is 22.2 Å². The first-order chi connectivity index (χ1) is 11.2. The molecule has 0 bridgehead atoms. The van der Waals surface area contributed by atoms with Gasteiger partial charge in [-0.15, -0.1) is 0 Å². The second-order valence-electron chi connectivity index (χ2n) is 4.96. The highest BCUT2D eigenvalue weighted by Crippen LogP contribution is 2.25. The van der Waals surface area contributed by atoms with Crippen LogP contribution in [-0.4, -0.2) is 16.1 Å². The van der Waals surface area contributed by atoms with Crippen LogP contribution in [0.2, 0.25) is 0 Å². The lowest BCUT2D eigenvalue weighted by Gasteiger charge is -2.01. The van der Waals surface area contributed by atoms with Gasteiger partial charge in [-0.05, 0) is 35.9 Å². The van der Waals surface area contributed by atoms with E-state index < -0.39 is 5.97 Å². The normalized spacial score (nSPS) is 11.3.